The zero-order chi connectivity index (χ0) is 12.2. The highest BCUT2D eigenvalue weighted by Gasteiger charge is 2.50. The molecule has 5 heteroatoms. The number of aliphatic carboxylic acids is 1. The van der Waals surface area contributed by atoms with Crippen LogP contribution in [-0.2, 0) is 14.3 Å². The largest absolute Gasteiger partial charge is 0.481 e. The van der Waals surface area contributed by atoms with Gasteiger partial charge < -0.3 is 15.2 Å². The number of carboxylic acids is 1. The summed E-state index contributed by atoms with van der Waals surface area (Å²) in [7, 11) is 1.60. The fraction of sp³-hybridized carbons (Fsp3) is 0.818. The molecule has 0 aromatic heterocycles. The Labute approximate surface area is 95.2 Å². The monoisotopic (exact) mass is 229 g/mol. The molecule has 5 nitrogen and oxygen atoms in total. The molecule has 1 unspecified atom stereocenters. The van der Waals surface area contributed by atoms with Crippen molar-refractivity contribution in [1.29, 1.82) is 0 Å². The summed E-state index contributed by atoms with van der Waals surface area (Å²) in [5.41, 5.74) is -0.678. The molecule has 1 saturated carbocycles. The first-order chi connectivity index (χ1) is 7.50. The van der Waals surface area contributed by atoms with Gasteiger partial charge >= 0.3 is 5.97 Å². The van der Waals surface area contributed by atoms with E-state index < -0.39 is 11.4 Å². The second-order valence-corrected chi connectivity index (χ2v) is 4.45. The first kappa shape index (κ1) is 13.0. The van der Waals surface area contributed by atoms with E-state index in [0.717, 1.165) is 0 Å². The lowest BCUT2D eigenvalue weighted by Crippen LogP contribution is -2.34. The number of carbonyl (C=O) groups is 2. The summed E-state index contributed by atoms with van der Waals surface area (Å²) in [4.78, 5) is 22.2. The van der Waals surface area contributed by atoms with Crippen LogP contribution in [0.1, 0.15) is 32.6 Å². The van der Waals surface area contributed by atoms with E-state index in [1.165, 1.54) is 0 Å². The van der Waals surface area contributed by atoms with Crippen LogP contribution in [0.15, 0.2) is 0 Å². The van der Waals surface area contributed by atoms with Crippen molar-refractivity contribution in [2.75, 3.05) is 13.7 Å². The smallest absolute Gasteiger partial charge is 0.311 e. The fourth-order valence-electron chi connectivity index (χ4n) is 1.43. The molecule has 1 aliphatic carbocycles. The molecule has 16 heavy (non-hydrogen) atoms. The van der Waals surface area contributed by atoms with Gasteiger partial charge in [0.2, 0.25) is 5.91 Å². The molecular weight excluding hydrogens is 210 g/mol. The van der Waals surface area contributed by atoms with E-state index in [-0.39, 0.29) is 18.6 Å². The third kappa shape index (κ3) is 3.48. The van der Waals surface area contributed by atoms with Crippen molar-refractivity contribution in [3.8, 4) is 0 Å². The SMILES string of the molecule is COC(C)CCC(=O)NCC1(C(=O)O)CC1. The number of amides is 1. The van der Waals surface area contributed by atoms with Crippen molar-refractivity contribution in [1.82, 2.24) is 5.32 Å². The lowest BCUT2D eigenvalue weighted by Gasteiger charge is -2.12. The highest BCUT2D eigenvalue weighted by atomic mass is 16.5. The first-order valence-electron chi connectivity index (χ1n) is 5.53. The second kappa shape index (κ2) is 5.30. The predicted molar refractivity (Wildman–Crippen MR) is 58.0 cm³/mol. The zero-order valence-electron chi connectivity index (χ0n) is 9.78. The highest BCUT2D eigenvalue weighted by molar-refractivity contribution is 5.80. The van der Waals surface area contributed by atoms with Gasteiger partial charge in [-0.25, -0.2) is 0 Å². The molecule has 1 fully saturated rings. The van der Waals surface area contributed by atoms with Crippen molar-refractivity contribution >= 4 is 11.9 Å². The van der Waals surface area contributed by atoms with Gasteiger partial charge in [-0.2, -0.15) is 0 Å². The van der Waals surface area contributed by atoms with Crippen LogP contribution in [0.4, 0.5) is 0 Å². The van der Waals surface area contributed by atoms with Gasteiger partial charge in [0, 0.05) is 20.1 Å². The predicted octanol–water partition coefficient (Wildman–Crippen LogP) is 0.782. The number of carbonyl (C=O) groups excluding carboxylic acids is 1. The average Bonchev–Trinajstić information content (AvgIpc) is 3.04. The molecule has 1 rings (SSSR count). The van der Waals surface area contributed by atoms with E-state index >= 15 is 0 Å². The summed E-state index contributed by atoms with van der Waals surface area (Å²) in [6, 6.07) is 0. The molecule has 0 aromatic carbocycles. The Kier molecular flexibility index (Phi) is 4.29. The van der Waals surface area contributed by atoms with Crippen molar-refractivity contribution in [3.63, 3.8) is 0 Å². The summed E-state index contributed by atoms with van der Waals surface area (Å²) in [5.74, 6) is -0.908. The Bertz CT molecular complexity index is 273. The molecule has 0 radical (unpaired) electrons. The average molecular weight is 229 g/mol. The van der Waals surface area contributed by atoms with E-state index in [1.807, 2.05) is 6.92 Å². The van der Waals surface area contributed by atoms with E-state index in [0.29, 0.717) is 25.7 Å². The molecule has 0 saturated heterocycles. The molecule has 1 amide bonds. The first-order valence-corrected chi connectivity index (χ1v) is 5.53. The fourth-order valence-corrected chi connectivity index (χ4v) is 1.43. The third-order valence-corrected chi connectivity index (χ3v) is 3.11. The normalized spacial score (nSPS) is 18.9. The number of nitrogens with one attached hydrogen (secondary N) is 1. The number of rotatable bonds is 7. The minimum atomic E-state index is -0.807. The lowest BCUT2D eigenvalue weighted by atomic mass is 10.1. The van der Waals surface area contributed by atoms with Gasteiger partial charge in [0.1, 0.15) is 0 Å². The Morgan fingerprint density at radius 3 is 2.56 bits per heavy atom. The van der Waals surface area contributed by atoms with Crippen molar-refractivity contribution in [3.05, 3.63) is 0 Å². The van der Waals surface area contributed by atoms with Crippen molar-refractivity contribution in [2.24, 2.45) is 5.41 Å². The van der Waals surface area contributed by atoms with Gasteiger partial charge in [-0.3, -0.25) is 9.59 Å². The standard InChI is InChI=1S/C11H19NO4/c1-8(16-2)3-4-9(13)12-7-11(5-6-11)10(14)15/h8H,3-7H2,1-2H3,(H,12,13)(H,14,15). The molecule has 0 bridgehead atoms. The molecule has 0 heterocycles. The molecular formula is C11H19NO4. The van der Waals surface area contributed by atoms with Crippen molar-refractivity contribution < 1.29 is 19.4 Å². The topological polar surface area (TPSA) is 75.6 Å². The van der Waals surface area contributed by atoms with Gasteiger partial charge in [0.05, 0.1) is 11.5 Å². The van der Waals surface area contributed by atoms with Crippen LogP contribution in [0.5, 0.6) is 0 Å². The number of methoxy groups -OCH3 is 1. The van der Waals surface area contributed by atoms with Crippen LogP contribution in [0.2, 0.25) is 0 Å². The maximum Gasteiger partial charge on any atom is 0.311 e. The molecule has 2 N–H and O–H groups in total. The van der Waals surface area contributed by atoms with Crippen molar-refractivity contribution in [2.45, 2.75) is 38.7 Å². The van der Waals surface area contributed by atoms with E-state index in [4.69, 9.17) is 9.84 Å². The minimum Gasteiger partial charge on any atom is -0.481 e. The lowest BCUT2D eigenvalue weighted by molar-refractivity contribution is -0.143. The number of ether oxygens (including phenoxy) is 1. The van der Waals surface area contributed by atoms with Crippen LogP contribution in [0, 0.1) is 5.41 Å². The highest BCUT2D eigenvalue weighted by Crippen LogP contribution is 2.45. The van der Waals surface area contributed by atoms with Crippen LogP contribution >= 0.6 is 0 Å². The van der Waals surface area contributed by atoms with Crippen LogP contribution in [0.3, 0.4) is 0 Å². The van der Waals surface area contributed by atoms with Gasteiger partial charge in [-0.15, -0.1) is 0 Å². The summed E-state index contributed by atoms with van der Waals surface area (Å²) in [5, 5.41) is 11.6. The molecule has 1 aliphatic rings. The Morgan fingerprint density at radius 1 is 1.50 bits per heavy atom. The molecule has 1 atom stereocenters. The Morgan fingerprint density at radius 2 is 2.12 bits per heavy atom. The molecule has 92 valence electrons. The Hall–Kier alpha value is -1.10. The quantitative estimate of drug-likeness (QED) is 0.676. The summed E-state index contributed by atoms with van der Waals surface area (Å²) >= 11 is 0. The summed E-state index contributed by atoms with van der Waals surface area (Å²) < 4.78 is 5.02. The van der Waals surface area contributed by atoms with Crippen LogP contribution in [-0.4, -0.2) is 36.7 Å². The number of carboxylic acid groups (broad SMARTS) is 1. The minimum absolute atomic E-state index is 0.0557. The van der Waals surface area contributed by atoms with Gasteiger partial charge in [0.15, 0.2) is 0 Å². The molecule has 0 aliphatic heterocycles. The second-order valence-electron chi connectivity index (χ2n) is 4.45. The van der Waals surface area contributed by atoms with Gasteiger partial charge in [-0.1, -0.05) is 0 Å². The number of hydrogen-bond acceptors (Lipinski definition) is 3. The van der Waals surface area contributed by atoms with E-state index in [1.54, 1.807) is 7.11 Å². The maximum absolute atomic E-state index is 11.4. The molecule has 0 aromatic rings. The van der Waals surface area contributed by atoms with Crippen LogP contribution in [0.25, 0.3) is 0 Å². The maximum atomic E-state index is 11.4. The van der Waals surface area contributed by atoms with Crippen LogP contribution < -0.4 is 5.32 Å². The van der Waals surface area contributed by atoms with E-state index in [9.17, 15) is 9.59 Å². The zero-order valence-corrected chi connectivity index (χ0v) is 9.78. The summed E-state index contributed by atoms with van der Waals surface area (Å²) in [6.07, 6.45) is 2.42. The third-order valence-electron chi connectivity index (χ3n) is 3.11. The Balaban J connectivity index is 2.18. The molecule has 0 spiro atoms. The van der Waals surface area contributed by atoms with E-state index in [2.05, 4.69) is 5.32 Å². The summed E-state index contributed by atoms with van der Waals surface area (Å²) in [6.45, 7) is 2.15. The van der Waals surface area contributed by atoms with Gasteiger partial charge in [0.25, 0.3) is 0 Å². The van der Waals surface area contributed by atoms with Gasteiger partial charge in [-0.05, 0) is 26.2 Å². The number of hydrogen-bond donors (Lipinski definition) is 2.